The maximum absolute atomic E-state index is 12.9. The topological polar surface area (TPSA) is 76.4 Å². The zero-order valence-corrected chi connectivity index (χ0v) is 15.9. The van der Waals surface area contributed by atoms with Crippen LogP contribution < -0.4 is 10.2 Å². The SMILES string of the molecule is N#Cc1cc(C(F)(F)F)ccc1N1CCC(C(=O)Nc2cc(Cl)ccc2O)CC1. The minimum atomic E-state index is -4.51. The molecule has 2 aromatic carbocycles. The summed E-state index contributed by atoms with van der Waals surface area (Å²) in [6.45, 7) is 0.833. The van der Waals surface area contributed by atoms with Gasteiger partial charge in [-0.3, -0.25) is 4.79 Å². The van der Waals surface area contributed by atoms with Crippen LogP contribution in [0.25, 0.3) is 0 Å². The molecule has 3 rings (SSSR count). The quantitative estimate of drug-likeness (QED) is 0.696. The Morgan fingerprint density at radius 3 is 2.52 bits per heavy atom. The Bertz CT molecular complexity index is 964. The van der Waals surface area contributed by atoms with Crippen molar-refractivity contribution in [2.24, 2.45) is 5.92 Å². The number of piperidine rings is 1. The molecule has 5 nitrogen and oxygen atoms in total. The molecular weight excluding hydrogens is 407 g/mol. The highest BCUT2D eigenvalue weighted by Crippen LogP contribution is 2.34. The Morgan fingerprint density at radius 1 is 1.21 bits per heavy atom. The third kappa shape index (κ3) is 4.74. The Kier molecular flexibility index (Phi) is 5.89. The Hall–Kier alpha value is -2.92. The lowest BCUT2D eigenvalue weighted by Crippen LogP contribution is -2.38. The molecule has 1 aliphatic heterocycles. The van der Waals surface area contributed by atoms with Gasteiger partial charge in [-0.05, 0) is 49.2 Å². The smallest absolute Gasteiger partial charge is 0.416 e. The van der Waals surface area contributed by atoms with E-state index < -0.39 is 11.7 Å². The summed E-state index contributed by atoms with van der Waals surface area (Å²) in [5.41, 5.74) is -0.272. The number of carbonyl (C=O) groups excluding carboxylic acids is 1. The lowest BCUT2D eigenvalue weighted by molar-refractivity contribution is -0.137. The molecular formula is C20H17ClF3N3O2. The maximum atomic E-state index is 12.9. The van der Waals surface area contributed by atoms with Gasteiger partial charge in [0.05, 0.1) is 22.5 Å². The summed E-state index contributed by atoms with van der Waals surface area (Å²) in [5.74, 6) is -0.691. The first kappa shape index (κ1) is 20.8. The van der Waals surface area contributed by atoms with Crippen LogP contribution in [0.3, 0.4) is 0 Å². The van der Waals surface area contributed by atoms with E-state index in [1.807, 2.05) is 6.07 Å². The van der Waals surface area contributed by atoms with E-state index in [9.17, 15) is 28.3 Å². The fourth-order valence-corrected chi connectivity index (χ4v) is 3.48. The monoisotopic (exact) mass is 423 g/mol. The zero-order chi connectivity index (χ0) is 21.2. The highest BCUT2D eigenvalue weighted by atomic mass is 35.5. The van der Waals surface area contributed by atoms with Crippen LogP contribution in [0.1, 0.15) is 24.0 Å². The molecule has 0 unspecified atom stereocenters. The number of carbonyl (C=O) groups is 1. The molecule has 1 amide bonds. The minimum Gasteiger partial charge on any atom is -0.506 e. The first-order chi connectivity index (χ1) is 13.7. The zero-order valence-electron chi connectivity index (χ0n) is 15.1. The molecule has 1 heterocycles. The number of benzene rings is 2. The maximum Gasteiger partial charge on any atom is 0.416 e. The molecule has 0 bridgehead atoms. The van der Waals surface area contributed by atoms with Crippen LogP contribution in [0.4, 0.5) is 24.5 Å². The number of alkyl halides is 3. The average molecular weight is 424 g/mol. The number of nitrogens with one attached hydrogen (secondary N) is 1. The minimum absolute atomic E-state index is 0.0495. The fraction of sp³-hybridized carbons (Fsp3) is 0.300. The number of amides is 1. The van der Waals surface area contributed by atoms with Crippen molar-refractivity contribution in [2.45, 2.75) is 19.0 Å². The van der Waals surface area contributed by atoms with Gasteiger partial charge in [0.15, 0.2) is 0 Å². The molecule has 1 saturated heterocycles. The summed E-state index contributed by atoms with van der Waals surface area (Å²) < 4.78 is 38.6. The fourth-order valence-electron chi connectivity index (χ4n) is 3.30. The van der Waals surface area contributed by atoms with Crippen molar-refractivity contribution in [2.75, 3.05) is 23.3 Å². The summed E-state index contributed by atoms with van der Waals surface area (Å²) >= 11 is 5.87. The van der Waals surface area contributed by atoms with Crippen molar-refractivity contribution in [3.8, 4) is 11.8 Å². The number of hydrogen-bond acceptors (Lipinski definition) is 4. The van der Waals surface area contributed by atoms with Gasteiger partial charge >= 0.3 is 6.18 Å². The molecule has 1 fully saturated rings. The van der Waals surface area contributed by atoms with E-state index >= 15 is 0 Å². The van der Waals surface area contributed by atoms with Crippen LogP contribution in [0, 0.1) is 17.2 Å². The first-order valence-electron chi connectivity index (χ1n) is 8.84. The van der Waals surface area contributed by atoms with Gasteiger partial charge in [-0.25, -0.2) is 0 Å². The molecule has 29 heavy (non-hydrogen) atoms. The van der Waals surface area contributed by atoms with Crippen molar-refractivity contribution >= 4 is 28.9 Å². The van der Waals surface area contributed by atoms with Crippen molar-refractivity contribution in [3.05, 3.63) is 52.5 Å². The van der Waals surface area contributed by atoms with Crippen molar-refractivity contribution < 1.29 is 23.1 Å². The van der Waals surface area contributed by atoms with Crippen molar-refractivity contribution in [1.82, 2.24) is 0 Å². The lowest BCUT2D eigenvalue weighted by Gasteiger charge is -2.33. The van der Waals surface area contributed by atoms with Gasteiger partial charge in [-0.15, -0.1) is 0 Å². The Labute approximate surface area is 170 Å². The van der Waals surface area contributed by atoms with E-state index in [-0.39, 0.29) is 28.8 Å². The van der Waals surface area contributed by atoms with Gasteiger partial charge in [-0.1, -0.05) is 11.6 Å². The predicted molar refractivity (Wildman–Crippen MR) is 103 cm³/mol. The van der Waals surface area contributed by atoms with Crippen molar-refractivity contribution in [3.63, 3.8) is 0 Å². The molecule has 0 aromatic heterocycles. The molecule has 0 spiro atoms. The number of phenols is 1. The second-order valence-electron chi connectivity index (χ2n) is 6.75. The first-order valence-corrected chi connectivity index (χ1v) is 9.22. The van der Waals surface area contributed by atoms with Gasteiger partial charge in [0.1, 0.15) is 11.8 Å². The van der Waals surface area contributed by atoms with E-state index in [0.717, 1.165) is 12.1 Å². The number of hydrogen-bond donors (Lipinski definition) is 2. The van der Waals surface area contributed by atoms with Gasteiger partial charge in [0, 0.05) is 24.0 Å². The largest absolute Gasteiger partial charge is 0.506 e. The molecule has 0 atom stereocenters. The second kappa shape index (κ2) is 8.21. The van der Waals surface area contributed by atoms with E-state index in [0.29, 0.717) is 36.6 Å². The standard InChI is InChI=1S/C20H17ClF3N3O2/c21-15-2-4-18(28)16(10-15)26-19(29)12-5-7-27(8-6-12)17-3-1-14(20(22,23)24)9-13(17)11-25/h1-4,9-10,12,28H,5-8H2,(H,26,29). The van der Waals surface area contributed by atoms with Crippen molar-refractivity contribution in [1.29, 1.82) is 5.26 Å². The van der Waals surface area contributed by atoms with Gasteiger partial charge in [0.2, 0.25) is 5.91 Å². The Balaban J connectivity index is 1.67. The van der Waals surface area contributed by atoms with E-state index in [4.69, 9.17) is 11.6 Å². The van der Waals surface area contributed by atoms with Crippen LogP contribution in [-0.4, -0.2) is 24.1 Å². The summed E-state index contributed by atoms with van der Waals surface area (Å²) in [5, 5.41) is 22.1. The highest BCUT2D eigenvalue weighted by molar-refractivity contribution is 6.31. The molecule has 9 heteroatoms. The van der Waals surface area contributed by atoms with Gasteiger partial charge < -0.3 is 15.3 Å². The molecule has 1 aliphatic rings. The molecule has 2 N–H and O–H groups in total. The van der Waals surface area contributed by atoms with Crippen LogP contribution in [0.15, 0.2) is 36.4 Å². The molecule has 0 aliphatic carbocycles. The van der Waals surface area contributed by atoms with E-state index in [1.54, 1.807) is 4.90 Å². The number of halogens is 4. The normalized spacial score (nSPS) is 15.1. The average Bonchev–Trinajstić information content (AvgIpc) is 2.69. The lowest BCUT2D eigenvalue weighted by atomic mass is 9.94. The van der Waals surface area contributed by atoms with Crippen LogP contribution in [0.2, 0.25) is 5.02 Å². The predicted octanol–water partition coefficient (Wildman–Crippen LogP) is 4.79. The number of phenolic OH excluding ortho intramolecular Hbond substituents is 1. The summed E-state index contributed by atoms with van der Waals surface area (Å²) in [7, 11) is 0. The molecule has 152 valence electrons. The second-order valence-corrected chi connectivity index (χ2v) is 7.19. The molecule has 0 radical (unpaired) electrons. The summed E-state index contributed by atoms with van der Waals surface area (Å²) in [6.07, 6.45) is -3.60. The third-order valence-corrected chi connectivity index (χ3v) is 5.10. The Morgan fingerprint density at radius 2 is 1.90 bits per heavy atom. The highest BCUT2D eigenvalue weighted by Gasteiger charge is 2.32. The number of rotatable bonds is 3. The number of aromatic hydroxyl groups is 1. The molecule has 0 saturated carbocycles. The van der Waals surface area contributed by atoms with E-state index in [1.165, 1.54) is 24.3 Å². The summed E-state index contributed by atoms with van der Waals surface area (Å²) in [4.78, 5) is 14.3. The van der Waals surface area contributed by atoms with Gasteiger partial charge in [0.25, 0.3) is 0 Å². The van der Waals surface area contributed by atoms with Crippen LogP contribution in [0.5, 0.6) is 5.75 Å². The molecule has 2 aromatic rings. The number of nitriles is 1. The van der Waals surface area contributed by atoms with E-state index in [2.05, 4.69) is 5.32 Å². The number of nitrogens with zero attached hydrogens (tertiary/aromatic N) is 2. The van der Waals surface area contributed by atoms with Crippen LogP contribution in [-0.2, 0) is 11.0 Å². The van der Waals surface area contributed by atoms with Crippen LogP contribution >= 0.6 is 11.6 Å². The third-order valence-electron chi connectivity index (χ3n) is 4.87. The van der Waals surface area contributed by atoms with Gasteiger partial charge in [-0.2, -0.15) is 18.4 Å². The summed E-state index contributed by atoms with van der Waals surface area (Å²) in [6, 6.07) is 9.25. The number of anilines is 2.